The number of imide groups is 1. The summed E-state index contributed by atoms with van der Waals surface area (Å²) in [5, 5.41) is 2.69. The first-order valence-corrected chi connectivity index (χ1v) is 13.9. The molecule has 0 aromatic heterocycles. The fourth-order valence-corrected chi connectivity index (χ4v) is 5.87. The molecule has 1 aliphatic rings. The standard InChI is InChI=1S/C29H20BrCl2NO4S/c1-36-25-13-18(11-22(30)27(25)37-16-20-7-4-6-19-5-2-3-8-21(19)20)14-26-28(34)33(29(35)38-26)15-17-9-10-23(31)24(32)12-17/h2-14H,15-16H2,1H3/b26-14+. The lowest BCUT2D eigenvalue weighted by Gasteiger charge is -2.15. The summed E-state index contributed by atoms with van der Waals surface area (Å²) in [6.45, 7) is 0.454. The Morgan fingerprint density at radius 1 is 0.974 bits per heavy atom. The number of fused-ring (bicyclic) bond motifs is 1. The third-order valence-electron chi connectivity index (χ3n) is 6.00. The fourth-order valence-electron chi connectivity index (χ4n) is 4.14. The maximum Gasteiger partial charge on any atom is 0.293 e. The number of thioether (sulfide) groups is 1. The van der Waals surface area contributed by atoms with Crippen molar-refractivity contribution in [3.63, 3.8) is 0 Å². The van der Waals surface area contributed by atoms with Gasteiger partial charge in [0.1, 0.15) is 6.61 Å². The SMILES string of the molecule is COc1cc(/C=C2/SC(=O)N(Cc3ccc(Cl)c(Cl)c3)C2=O)cc(Br)c1OCc1cccc2ccccc12. The zero-order valence-corrected chi connectivity index (χ0v) is 24.0. The molecule has 0 aliphatic carbocycles. The minimum Gasteiger partial charge on any atom is -0.493 e. The quantitative estimate of drug-likeness (QED) is 0.192. The highest BCUT2D eigenvalue weighted by atomic mass is 79.9. The normalized spacial score (nSPS) is 14.5. The average molecular weight is 629 g/mol. The van der Waals surface area contributed by atoms with Gasteiger partial charge in [-0.05, 0) is 85.5 Å². The number of ether oxygens (including phenoxy) is 2. The van der Waals surface area contributed by atoms with Gasteiger partial charge in [-0.3, -0.25) is 14.5 Å². The van der Waals surface area contributed by atoms with Gasteiger partial charge in [0.15, 0.2) is 11.5 Å². The Morgan fingerprint density at radius 3 is 2.55 bits per heavy atom. The number of carbonyl (C=O) groups excluding carboxylic acids is 2. The second-order valence-electron chi connectivity index (χ2n) is 8.48. The number of rotatable bonds is 7. The molecular weight excluding hydrogens is 609 g/mol. The molecule has 9 heteroatoms. The summed E-state index contributed by atoms with van der Waals surface area (Å²) in [5.41, 5.74) is 2.45. The lowest BCUT2D eigenvalue weighted by atomic mass is 10.1. The van der Waals surface area contributed by atoms with Crippen molar-refractivity contribution >= 4 is 78.9 Å². The van der Waals surface area contributed by atoms with Gasteiger partial charge in [0.25, 0.3) is 11.1 Å². The first-order chi connectivity index (χ1) is 18.3. The highest BCUT2D eigenvalue weighted by Crippen LogP contribution is 2.40. The van der Waals surface area contributed by atoms with Crippen molar-refractivity contribution in [1.82, 2.24) is 4.90 Å². The van der Waals surface area contributed by atoms with E-state index >= 15 is 0 Å². The monoisotopic (exact) mass is 627 g/mol. The van der Waals surface area contributed by atoms with Gasteiger partial charge in [0, 0.05) is 0 Å². The number of carbonyl (C=O) groups is 2. The van der Waals surface area contributed by atoms with Crippen LogP contribution in [0.1, 0.15) is 16.7 Å². The van der Waals surface area contributed by atoms with Crippen LogP contribution < -0.4 is 9.47 Å². The second kappa shape index (κ2) is 11.4. The van der Waals surface area contributed by atoms with Crippen LogP contribution in [-0.2, 0) is 17.9 Å². The lowest BCUT2D eigenvalue weighted by Crippen LogP contribution is -2.27. The van der Waals surface area contributed by atoms with Crippen LogP contribution in [0.3, 0.4) is 0 Å². The molecule has 0 atom stereocenters. The number of benzene rings is 4. The number of hydrogen-bond donors (Lipinski definition) is 0. The Bertz CT molecular complexity index is 1600. The topological polar surface area (TPSA) is 55.8 Å². The predicted molar refractivity (Wildman–Crippen MR) is 157 cm³/mol. The van der Waals surface area contributed by atoms with E-state index in [0.717, 1.165) is 28.1 Å². The summed E-state index contributed by atoms with van der Waals surface area (Å²) < 4.78 is 12.4. The Labute approximate surface area is 242 Å². The van der Waals surface area contributed by atoms with Crippen LogP contribution in [0.2, 0.25) is 10.0 Å². The maximum atomic E-state index is 13.0. The van der Waals surface area contributed by atoms with E-state index in [9.17, 15) is 9.59 Å². The summed E-state index contributed by atoms with van der Waals surface area (Å²) >= 11 is 16.5. The van der Waals surface area contributed by atoms with E-state index in [1.807, 2.05) is 30.3 Å². The van der Waals surface area contributed by atoms with Crippen molar-refractivity contribution in [2.24, 2.45) is 0 Å². The Morgan fingerprint density at radius 2 is 1.76 bits per heavy atom. The molecule has 4 aromatic rings. The molecule has 0 spiro atoms. The average Bonchev–Trinajstić information content (AvgIpc) is 3.17. The van der Waals surface area contributed by atoms with E-state index in [1.54, 1.807) is 37.5 Å². The third-order valence-corrected chi connectivity index (χ3v) is 8.24. The molecule has 1 saturated heterocycles. The van der Waals surface area contributed by atoms with Gasteiger partial charge < -0.3 is 9.47 Å². The molecule has 0 unspecified atom stereocenters. The smallest absolute Gasteiger partial charge is 0.293 e. The van der Waals surface area contributed by atoms with E-state index < -0.39 is 0 Å². The molecule has 1 fully saturated rings. The first kappa shape index (κ1) is 26.6. The molecule has 0 N–H and O–H groups in total. The summed E-state index contributed by atoms with van der Waals surface area (Å²) in [4.78, 5) is 27.1. The van der Waals surface area contributed by atoms with E-state index in [2.05, 4.69) is 34.1 Å². The van der Waals surface area contributed by atoms with Gasteiger partial charge in [-0.25, -0.2) is 0 Å². The van der Waals surface area contributed by atoms with Crippen molar-refractivity contribution in [2.45, 2.75) is 13.2 Å². The molecule has 1 heterocycles. The highest BCUT2D eigenvalue weighted by molar-refractivity contribution is 9.10. The summed E-state index contributed by atoms with van der Waals surface area (Å²) in [7, 11) is 1.56. The number of amides is 2. The van der Waals surface area contributed by atoms with Crippen LogP contribution in [0, 0.1) is 0 Å². The van der Waals surface area contributed by atoms with Crippen LogP contribution in [0.5, 0.6) is 11.5 Å². The minimum atomic E-state index is -0.377. The molecule has 38 heavy (non-hydrogen) atoms. The van der Waals surface area contributed by atoms with Crippen LogP contribution in [0.4, 0.5) is 4.79 Å². The van der Waals surface area contributed by atoms with Crippen molar-refractivity contribution < 1.29 is 19.1 Å². The van der Waals surface area contributed by atoms with E-state index in [-0.39, 0.29) is 17.7 Å². The molecule has 0 saturated carbocycles. The van der Waals surface area contributed by atoms with Gasteiger partial charge in [-0.15, -0.1) is 0 Å². The van der Waals surface area contributed by atoms with Gasteiger partial charge >= 0.3 is 0 Å². The molecule has 4 aromatic carbocycles. The summed E-state index contributed by atoms with van der Waals surface area (Å²) in [6, 6.07) is 22.9. The summed E-state index contributed by atoms with van der Waals surface area (Å²) in [6.07, 6.45) is 1.67. The van der Waals surface area contributed by atoms with Crippen molar-refractivity contribution in [2.75, 3.05) is 7.11 Å². The van der Waals surface area contributed by atoms with E-state index in [4.69, 9.17) is 32.7 Å². The molecule has 0 radical (unpaired) electrons. The zero-order chi connectivity index (χ0) is 26.8. The number of halogens is 3. The molecule has 1 aliphatic heterocycles. The van der Waals surface area contributed by atoms with Crippen LogP contribution >= 0.6 is 50.9 Å². The largest absolute Gasteiger partial charge is 0.493 e. The van der Waals surface area contributed by atoms with Crippen molar-refractivity contribution in [3.8, 4) is 11.5 Å². The van der Waals surface area contributed by atoms with E-state index in [1.165, 1.54) is 4.90 Å². The van der Waals surface area contributed by atoms with Crippen molar-refractivity contribution in [3.05, 3.63) is 109 Å². The van der Waals surface area contributed by atoms with Gasteiger partial charge in [-0.2, -0.15) is 0 Å². The maximum absolute atomic E-state index is 13.0. The zero-order valence-electron chi connectivity index (χ0n) is 20.0. The fraction of sp³-hybridized carbons (Fsp3) is 0.103. The van der Waals surface area contributed by atoms with Gasteiger partial charge in [0.05, 0.1) is 33.1 Å². The first-order valence-electron chi connectivity index (χ1n) is 11.5. The minimum absolute atomic E-state index is 0.104. The van der Waals surface area contributed by atoms with Crippen LogP contribution in [0.25, 0.3) is 16.8 Å². The molecule has 0 bridgehead atoms. The van der Waals surface area contributed by atoms with Crippen LogP contribution in [-0.4, -0.2) is 23.2 Å². The molecular formula is C29H20BrCl2NO4S. The number of methoxy groups -OCH3 is 1. The number of nitrogens with zero attached hydrogens (tertiary/aromatic N) is 1. The van der Waals surface area contributed by atoms with Gasteiger partial charge in [0.2, 0.25) is 0 Å². The number of hydrogen-bond acceptors (Lipinski definition) is 5. The third kappa shape index (κ3) is 5.57. The molecule has 5 rings (SSSR count). The highest BCUT2D eigenvalue weighted by Gasteiger charge is 2.35. The van der Waals surface area contributed by atoms with E-state index in [0.29, 0.717) is 48.7 Å². The van der Waals surface area contributed by atoms with Crippen LogP contribution in [0.15, 0.2) is 82.2 Å². The van der Waals surface area contributed by atoms with Crippen molar-refractivity contribution in [1.29, 1.82) is 0 Å². The second-order valence-corrected chi connectivity index (χ2v) is 11.1. The Balaban J connectivity index is 1.36. The lowest BCUT2D eigenvalue weighted by molar-refractivity contribution is -0.123. The predicted octanol–water partition coefficient (Wildman–Crippen LogP) is 8.73. The molecule has 2 amide bonds. The Kier molecular flexibility index (Phi) is 8.00. The van der Waals surface area contributed by atoms with Gasteiger partial charge in [-0.1, -0.05) is 71.7 Å². The Hall–Kier alpha value is -2.97. The molecule has 5 nitrogen and oxygen atoms in total. The summed E-state index contributed by atoms with van der Waals surface area (Å²) in [5.74, 6) is 0.670. The molecule has 192 valence electrons.